The Labute approximate surface area is 112 Å². The third-order valence-electron chi connectivity index (χ3n) is 2.98. The zero-order chi connectivity index (χ0) is 13.9. The molecule has 2 N–H and O–H groups in total. The number of amides is 1. The minimum absolute atomic E-state index is 0.0107. The maximum absolute atomic E-state index is 12.1. The Kier molecular flexibility index (Phi) is 4.18. The minimum Gasteiger partial charge on any atom is -0.378 e. The molecule has 0 aromatic heterocycles. The van der Waals surface area contributed by atoms with Gasteiger partial charge < -0.3 is 9.64 Å². The van der Waals surface area contributed by atoms with Crippen molar-refractivity contribution in [3.8, 4) is 0 Å². The molecule has 1 saturated heterocycles. The second-order valence-corrected chi connectivity index (χ2v) is 5.85. The van der Waals surface area contributed by atoms with Gasteiger partial charge in [-0.3, -0.25) is 4.79 Å². The number of rotatable bonds is 3. The summed E-state index contributed by atoms with van der Waals surface area (Å²) >= 11 is 0. The van der Waals surface area contributed by atoms with Crippen LogP contribution in [0, 0.1) is 0 Å². The molecule has 0 saturated carbocycles. The van der Waals surface area contributed by atoms with E-state index in [1.54, 1.807) is 23.1 Å². The molecule has 2 rings (SSSR count). The largest absolute Gasteiger partial charge is 0.378 e. The quantitative estimate of drug-likeness (QED) is 0.827. The zero-order valence-corrected chi connectivity index (χ0v) is 11.2. The van der Waals surface area contributed by atoms with Crippen molar-refractivity contribution in [3.05, 3.63) is 29.8 Å². The second-order valence-electron chi connectivity index (χ2n) is 4.32. The second kappa shape index (κ2) is 5.68. The van der Waals surface area contributed by atoms with E-state index in [0.717, 1.165) is 0 Å². The highest BCUT2D eigenvalue weighted by Gasteiger charge is 2.20. The summed E-state index contributed by atoms with van der Waals surface area (Å²) in [5.74, 6) is -0.112. The van der Waals surface area contributed by atoms with Crippen molar-refractivity contribution in [2.75, 3.05) is 26.3 Å². The highest BCUT2D eigenvalue weighted by Crippen LogP contribution is 2.15. The molecule has 1 aromatic rings. The molecule has 0 bridgehead atoms. The Balaban J connectivity index is 2.17. The van der Waals surface area contributed by atoms with Crippen LogP contribution >= 0.6 is 0 Å². The molecule has 0 unspecified atom stereocenters. The van der Waals surface area contributed by atoms with Crippen LogP contribution in [-0.2, 0) is 26.0 Å². The number of ether oxygens (including phenoxy) is 1. The summed E-state index contributed by atoms with van der Waals surface area (Å²) in [4.78, 5) is 13.8. The van der Waals surface area contributed by atoms with Gasteiger partial charge in [-0.1, -0.05) is 18.2 Å². The van der Waals surface area contributed by atoms with Gasteiger partial charge in [0.05, 0.1) is 24.5 Å². The fraction of sp³-hybridized carbons (Fsp3) is 0.417. The van der Waals surface area contributed by atoms with Crippen LogP contribution in [0.15, 0.2) is 29.2 Å². The van der Waals surface area contributed by atoms with E-state index in [-0.39, 0.29) is 17.2 Å². The third-order valence-corrected chi connectivity index (χ3v) is 4.00. The number of hydrogen-bond donors (Lipinski definition) is 1. The van der Waals surface area contributed by atoms with E-state index in [0.29, 0.717) is 31.9 Å². The first kappa shape index (κ1) is 14.0. The van der Waals surface area contributed by atoms with Gasteiger partial charge in [0, 0.05) is 13.1 Å². The molecule has 7 heteroatoms. The van der Waals surface area contributed by atoms with E-state index in [9.17, 15) is 13.2 Å². The van der Waals surface area contributed by atoms with E-state index in [2.05, 4.69) is 0 Å². The van der Waals surface area contributed by atoms with E-state index in [1.807, 2.05) is 0 Å². The average molecular weight is 284 g/mol. The molecule has 0 atom stereocenters. The molecular weight excluding hydrogens is 268 g/mol. The van der Waals surface area contributed by atoms with Gasteiger partial charge in [-0.2, -0.15) is 0 Å². The molecule has 1 aliphatic heterocycles. The van der Waals surface area contributed by atoms with Crippen LogP contribution in [0.1, 0.15) is 5.56 Å². The first-order chi connectivity index (χ1) is 8.98. The van der Waals surface area contributed by atoms with Gasteiger partial charge in [0.25, 0.3) is 0 Å². The third kappa shape index (κ3) is 3.52. The van der Waals surface area contributed by atoms with Crippen molar-refractivity contribution in [1.29, 1.82) is 0 Å². The topological polar surface area (TPSA) is 89.7 Å². The highest BCUT2D eigenvalue weighted by atomic mass is 32.2. The summed E-state index contributed by atoms with van der Waals surface area (Å²) in [6.45, 7) is 2.11. The summed E-state index contributed by atoms with van der Waals surface area (Å²) in [5, 5.41) is 5.14. The first-order valence-corrected chi connectivity index (χ1v) is 7.49. The van der Waals surface area contributed by atoms with Crippen molar-refractivity contribution in [3.63, 3.8) is 0 Å². The summed E-state index contributed by atoms with van der Waals surface area (Å²) in [6, 6.07) is 6.30. The van der Waals surface area contributed by atoms with E-state index in [4.69, 9.17) is 9.88 Å². The lowest BCUT2D eigenvalue weighted by molar-refractivity contribution is -0.134. The average Bonchev–Trinajstić information content (AvgIpc) is 2.39. The van der Waals surface area contributed by atoms with Crippen molar-refractivity contribution < 1.29 is 17.9 Å². The summed E-state index contributed by atoms with van der Waals surface area (Å²) in [7, 11) is -3.81. The van der Waals surface area contributed by atoms with Crippen LogP contribution in [-0.4, -0.2) is 45.5 Å². The first-order valence-electron chi connectivity index (χ1n) is 5.95. The normalized spacial score (nSPS) is 16.4. The fourth-order valence-corrected chi connectivity index (χ4v) is 2.79. The SMILES string of the molecule is NS(=O)(=O)c1ccccc1CC(=O)N1CCOCC1. The van der Waals surface area contributed by atoms with Gasteiger partial charge in [0.15, 0.2) is 0 Å². The van der Waals surface area contributed by atoms with Gasteiger partial charge in [0.2, 0.25) is 15.9 Å². The molecule has 1 aromatic carbocycles. The Hall–Kier alpha value is -1.44. The van der Waals surface area contributed by atoms with Gasteiger partial charge >= 0.3 is 0 Å². The van der Waals surface area contributed by atoms with Gasteiger partial charge in [-0.25, -0.2) is 13.6 Å². The monoisotopic (exact) mass is 284 g/mol. The summed E-state index contributed by atoms with van der Waals surface area (Å²) in [6.07, 6.45) is 0.0343. The smallest absolute Gasteiger partial charge is 0.238 e. The number of nitrogens with zero attached hydrogens (tertiary/aromatic N) is 1. The van der Waals surface area contributed by atoms with Crippen LogP contribution in [0.25, 0.3) is 0 Å². The molecular formula is C12H16N2O4S. The van der Waals surface area contributed by atoms with Crippen LogP contribution in [0.3, 0.4) is 0 Å². The molecule has 104 valence electrons. The maximum Gasteiger partial charge on any atom is 0.238 e. The number of hydrogen-bond acceptors (Lipinski definition) is 4. The maximum atomic E-state index is 12.1. The van der Waals surface area contributed by atoms with Gasteiger partial charge in [-0.15, -0.1) is 0 Å². The molecule has 1 aliphatic rings. The lowest BCUT2D eigenvalue weighted by Gasteiger charge is -2.27. The molecule has 19 heavy (non-hydrogen) atoms. The predicted octanol–water partition coefficient (Wildman–Crippen LogP) is -0.265. The van der Waals surface area contributed by atoms with Crippen molar-refractivity contribution >= 4 is 15.9 Å². The van der Waals surface area contributed by atoms with Crippen LogP contribution < -0.4 is 5.14 Å². The number of carbonyl (C=O) groups excluding carboxylic acids is 1. The van der Waals surface area contributed by atoms with E-state index >= 15 is 0 Å². The highest BCUT2D eigenvalue weighted by molar-refractivity contribution is 7.89. The van der Waals surface area contributed by atoms with Crippen molar-refractivity contribution in [2.24, 2.45) is 5.14 Å². The molecule has 0 spiro atoms. The number of primary sulfonamides is 1. The lowest BCUT2D eigenvalue weighted by Crippen LogP contribution is -2.41. The molecule has 1 heterocycles. The van der Waals surface area contributed by atoms with Crippen molar-refractivity contribution in [1.82, 2.24) is 4.90 Å². The Morgan fingerprint density at radius 3 is 2.53 bits per heavy atom. The Morgan fingerprint density at radius 1 is 1.26 bits per heavy atom. The van der Waals surface area contributed by atoms with E-state index < -0.39 is 10.0 Å². The van der Waals surface area contributed by atoms with Crippen molar-refractivity contribution in [2.45, 2.75) is 11.3 Å². The number of nitrogens with two attached hydrogens (primary N) is 1. The zero-order valence-electron chi connectivity index (χ0n) is 10.4. The Morgan fingerprint density at radius 2 is 1.89 bits per heavy atom. The van der Waals surface area contributed by atoms with E-state index in [1.165, 1.54) is 6.07 Å². The fourth-order valence-electron chi connectivity index (χ4n) is 2.01. The number of benzene rings is 1. The summed E-state index contributed by atoms with van der Waals surface area (Å²) in [5.41, 5.74) is 0.432. The minimum atomic E-state index is -3.81. The summed E-state index contributed by atoms with van der Waals surface area (Å²) < 4.78 is 28.1. The van der Waals surface area contributed by atoms with Gasteiger partial charge in [0.1, 0.15) is 0 Å². The lowest BCUT2D eigenvalue weighted by atomic mass is 10.1. The number of morpholine rings is 1. The van der Waals surface area contributed by atoms with Crippen LogP contribution in [0.2, 0.25) is 0 Å². The van der Waals surface area contributed by atoms with Crippen LogP contribution in [0.4, 0.5) is 0 Å². The number of sulfonamides is 1. The molecule has 1 amide bonds. The molecule has 0 radical (unpaired) electrons. The van der Waals surface area contributed by atoms with Crippen LogP contribution in [0.5, 0.6) is 0 Å². The van der Waals surface area contributed by atoms with Gasteiger partial charge in [-0.05, 0) is 11.6 Å². The Bertz CT molecular complexity index is 565. The molecule has 6 nitrogen and oxygen atoms in total. The molecule has 1 fully saturated rings. The number of carbonyl (C=O) groups is 1. The molecule has 0 aliphatic carbocycles. The standard InChI is InChI=1S/C12H16N2O4S/c13-19(16,17)11-4-2-1-3-10(11)9-12(15)14-5-7-18-8-6-14/h1-4H,5-9H2,(H2,13,16,17). The predicted molar refractivity (Wildman–Crippen MR) is 68.9 cm³/mol.